The van der Waals surface area contributed by atoms with Crippen molar-refractivity contribution in [1.82, 2.24) is 4.90 Å². The number of aliphatic carboxylic acids is 1. The number of carbonyl (C=O) groups excluding carboxylic acids is 1. The zero-order valence-electron chi connectivity index (χ0n) is 15.3. The monoisotopic (exact) mass is 365 g/mol. The Bertz CT molecular complexity index is 860. The lowest BCUT2D eigenvalue weighted by Gasteiger charge is -2.25. The van der Waals surface area contributed by atoms with E-state index in [1.54, 1.807) is 12.0 Å². The van der Waals surface area contributed by atoms with Crippen molar-refractivity contribution < 1.29 is 19.4 Å². The summed E-state index contributed by atoms with van der Waals surface area (Å²) in [6.45, 7) is 0.696. The van der Waals surface area contributed by atoms with Gasteiger partial charge in [-0.05, 0) is 24.5 Å². The van der Waals surface area contributed by atoms with Crippen LogP contribution in [0.15, 0.2) is 54.6 Å². The van der Waals surface area contributed by atoms with Crippen LogP contribution < -0.4 is 4.74 Å². The van der Waals surface area contributed by atoms with Gasteiger partial charge in [0.2, 0.25) is 5.91 Å². The summed E-state index contributed by atoms with van der Waals surface area (Å²) < 4.78 is 5.47. The Balaban J connectivity index is 1.62. The van der Waals surface area contributed by atoms with Crippen molar-refractivity contribution in [3.63, 3.8) is 0 Å². The number of hydrogen-bond donors (Lipinski definition) is 1. The number of carboxylic acid groups (broad SMARTS) is 1. The fourth-order valence-electron chi connectivity index (χ4n) is 4.32. The molecule has 1 aliphatic carbocycles. The molecule has 140 valence electrons. The van der Waals surface area contributed by atoms with E-state index >= 15 is 0 Å². The first kappa shape index (κ1) is 17.6. The van der Waals surface area contributed by atoms with Crippen molar-refractivity contribution in [3.8, 4) is 5.75 Å². The van der Waals surface area contributed by atoms with Crippen molar-refractivity contribution in [3.05, 3.63) is 65.7 Å². The molecule has 2 aromatic carbocycles. The van der Waals surface area contributed by atoms with E-state index in [-0.39, 0.29) is 18.4 Å². The van der Waals surface area contributed by atoms with Crippen molar-refractivity contribution >= 4 is 11.9 Å². The molecule has 1 N–H and O–H groups in total. The van der Waals surface area contributed by atoms with Gasteiger partial charge in [0.25, 0.3) is 0 Å². The highest BCUT2D eigenvalue weighted by Crippen LogP contribution is 2.53. The van der Waals surface area contributed by atoms with Crippen LogP contribution in [0, 0.1) is 5.92 Å². The number of methoxy groups -OCH3 is 1. The fourth-order valence-corrected chi connectivity index (χ4v) is 4.32. The van der Waals surface area contributed by atoms with Crippen LogP contribution in [-0.4, -0.2) is 42.1 Å². The maximum absolute atomic E-state index is 13.4. The second-order valence-electron chi connectivity index (χ2n) is 7.45. The third-order valence-electron chi connectivity index (χ3n) is 5.93. The molecule has 1 aliphatic heterocycles. The van der Waals surface area contributed by atoms with Gasteiger partial charge in [0.05, 0.1) is 18.4 Å². The number of rotatable bonds is 5. The average molecular weight is 365 g/mol. The Hall–Kier alpha value is -2.82. The summed E-state index contributed by atoms with van der Waals surface area (Å²) in [6, 6.07) is 17.3. The number of ether oxygens (including phenoxy) is 1. The van der Waals surface area contributed by atoms with Gasteiger partial charge < -0.3 is 14.7 Å². The van der Waals surface area contributed by atoms with Crippen molar-refractivity contribution in [1.29, 1.82) is 0 Å². The molecular formula is C22H23NO4. The molecule has 27 heavy (non-hydrogen) atoms. The summed E-state index contributed by atoms with van der Waals surface area (Å²) in [5.41, 5.74) is 1.32. The molecule has 4 rings (SSSR count). The van der Waals surface area contributed by atoms with Crippen LogP contribution in [0.5, 0.6) is 5.75 Å². The van der Waals surface area contributed by atoms with Gasteiger partial charge >= 0.3 is 5.97 Å². The van der Waals surface area contributed by atoms with E-state index in [2.05, 4.69) is 0 Å². The van der Waals surface area contributed by atoms with Crippen LogP contribution in [0.3, 0.4) is 0 Å². The molecule has 2 unspecified atom stereocenters. The van der Waals surface area contributed by atoms with Gasteiger partial charge in [-0.25, -0.2) is 0 Å². The quantitative estimate of drug-likeness (QED) is 0.884. The van der Waals surface area contributed by atoms with Crippen LogP contribution in [0.4, 0.5) is 0 Å². The second-order valence-corrected chi connectivity index (χ2v) is 7.45. The van der Waals surface area contributed by atoms with Crippen LogP contribution >= 0.6 is 0 Å². The van der Waals surface area contributed by atoms with Gasteiger partial charge in [0.15, 0.2) is 0 Å². The molecule has 2 atom stereocenters. The second kappa shape index (κ2) is 6.72. The van der Waals surface area contributed by atoms with Gasteiger partial charge in [0, 0.05) is 24.6 Å². The highest BCUT2D eigenvalue weighted by Gasteiger charge is 2.56. The first-order valence-corrected chi connectivity index (χ1v) is 9.27. The largest absolute Gasteiger partial charge is 0.496 e. The van der Waals surface area contributed by atoms with Crippen LogP contribution in [0.1, 0.15) is 29.9 Å². The SMILES string of the molecule is COc1ccccc1C1(C(=O)N2CC(C(=O)O)C(c3ccccc3)C2)CC1. The van der Waals surface area contributed by atoms with Gasteiger partial charge in [-0.15, -0.1) is 0 Å². The van der Waals surface area contributed by atoms with Crippen LogP contribution in [-0.2, 0) is 15.0 Å². The maximum atomic E-state index is 13.4. The zero-order valence-corrected chi connectivity index (χ0v) is 15.3. The lowest BCUT2D eigenvalue weighted by molar-refractivity contribution is -0.142. The Labute approximate surface area is 158 Å². The van der Waals surface area contributed by atoms with Gasteiger partial charge in [-0.1, -0.05) is 48.5 Å². The van der Waals surface area contributed by atoms with Crippen molar-refractivity contribution in [2.45, 2.75) is 24.2 Å². The summed E-state index contributed by atoms with van der Waals surface area (Å²) in [4.78, 5) is 27.0. The first-order chi connectivity index (χ1) is 13.1. The molecule has 1 saturated carbocycles. The summed E-state index contributed by atoms with van der Waals surface area (Å²) >= 11 is 0. The number of carbonyl (C=O) groups is 2. The number of hydrogen-bond acceptors (Lipinski definition) is 3. The average Bonchev–Trinajstić information content (AvgIpc) is 3.39. The Morgan fingerprint density at radius 1 is 1.04 bits per heavy atom. The highest BCUT2D eigenvalue weighted by atomic mass is 16.5. The molecule has 1 heterocycles. The Morgan fingerprint density at radius 3 is 2.33 bits per heavy atom. The first-order valence-electron chi connectivity index (χ1n) is 9.27. The number of benzene rings is 2. The van der Waals surface area contributed by atoms with Gasteiger partial charge in [-0.3, -0.25) is 9.59 Å². The number of carboxylic acids is 1. The standard InChI is InChI=1S/C22H23NO4/c1-27-19-10-6-5-9-18(19)22(11-12-22)21(26)23-13-16(17(14-23)20(24)25)15-7-3-2-4-8-15/h2-10,16-17H,11-14H2,1H3,(H,24,25). The fraction of sp³-hybridized carbons (Fsp3) is 0.364. The van der Waals surface area contributed by atoms with Crippen molar-refractivity contribution in [2.75, 3.05) is 20.2 Å². The summed E-state index contributed by atoms with van der Waals surface area (Å²) in [5.74, 6) is -0.860. The lowest BCUT2D eigenvalue weighted by Crippen LogP contribution is -2.38. The predicted octanol–water partition coefficient (Wildman–Crippen LogP) is 3.05. The minimum Gasteiger partial charge on any atom is -0.496 e. The lowest BCUT2D eigenvalue weighted by atomic mass is 9.89. The van der Waals surface area contributed by atoms with E-state index in [0.717, 1.165) is 29.7 Å². The highest BCUT2D eigenvalue weighted by molar-refractivity contribution is 5.93. The predicted molar refractivity (Wildman–Crippen MR) is 101 cm³/mol. The summed E-state index contributed by atoms with van der Waals surface area (Å²) in [5, 5.41) is 9.70. The van der Waals surface area contributed by atoms with E-state index < -0.39 is 17.3 Å². The van der Waals surface area contributed by atoms with Crippen LogP contribution in [0.25, 0.3) is 0 Å². The molecule has 2 fully saturated rings. The number of likely N-dealkylation sites (tertiary alicyclic amines) is 1. The smallest absolute Gasteiger partial charge is 0.308 e. The molecule has 0 spiro atoms. The molecular weight excluding hydrogens is 342 g/mol. The van der Waals surface area contributed by atoms with E-state index in [0.29, 0.717) is 6.54 Å². The molecule has 5 nitrogen and oxygen atoms in total. The molecule has 2 aromatic rings. The summed E-state index contributed by atoms with van der Waals surface area (Å²) in [7, 11) is 1.61. The minimum absolute atomic E-state index is 0.0247. The minimum atomic E-state index is -0.846. The topological polar surface area (TPSA) is 66.8 Å². The molecule has 1 amide bonds. The van der Waals surface area contributed by atoms with E-state index in [1.165, 1.54) is 0 Å². The number of nitrogens with zero attached hydrogens (tertiary/aromatic N) is 1. The number of amides is 1. The normalized spacial score (nSPS) is 23.1. The molecule has 0 aromatic heterocycles. The van der Waals surface area contributed by atoms with E-state index in [1.807, 2.05) is 54.6 Å². The maximum Gasteiger partial charge on any atom is 0.308 e. The molecule has 0 radical (unpaired) electrons. The van der Waals surface area contributed by atoms with Gasteiger partial charge in [0.1, 0.15) is 5.75 Å². The molecule has 2 aliphatic rings. The Kier molecular flexibility index (Phi) is 4.38. The van der Waals surface area contributed by atoms with E-state index in [4.69, 9.17) is 4.74 Å². The summed E-state index contributed by atoms with van der Waals surface area (Å²) in [6.07, 6.45) is 1.55. The van der Waals surface area contributed by atoms with Crippen molar-refractivity contribution in [2.24, 2.45) is 5.92 Å². The molecule has 5 heteroatoms. The van der Waals surface area contributed by atoms with Gasteiger partial charge in [-0.2, -0.15) is 0 Å². The molecule has 1 saturated heterocycles. The number of para-hydroxylation sites is 1. The third kappa shape index (κ3) is 2.97. The zero-order chi connectivity index (χ0) is 19.0. The molecule has 0 bridgehead atoms. The third-order valence-corrected chi connectivity index (χ3v) is 5.93. The van der Waals surface area contributed by atoms with E-state index in [9.17, 15) is 14.7 Å². The van der Waals surface area contributed by atoms with Crippen LogP contribution in [0.2, 0.25) is 0 Å². The Morgan fingerprint density at radius 2 is 1.70 bits per heavy atom.